The van der Waals surface area contributed by atoms with Crippen LogP contribution in [0.15, 0.2) is 29.3 Å². The molecule has 0 aliphatic carbocycles. The Kier molecular flexibility index (Phi) is 4.75. The summed E-state index contributed by atoms with van der Waals surface area (Å²) in [6, 6.07) is 8.07. The summed E-state index contributed by atoms with van der Waals surface area (Å²) in [7, 11) is 0. The van der Waals surface area contributed by atoms with Gasteiger partial charge in [0.2, 0.25) is 0 Å². The number of benzene rings is 1. The van der Waals surface area contributed by atoms with Crippen LogP contribution >= 0.6 is 11.8 Å². The van der Waals surface area contributed by atoms with Crippen LogP contribution in [0.2, 0.25) is 0 Å². The first-order chi connectivity index (χ1) is 9.15. The largest absolute Gasteiger partial charge is 0.494 e. The fourth-order valence-electron chi connectivity index (χ4n) is 1.76. The minimum Gasteiger partial charge on any atom is -0.494 e. The molecule has 4 heteroatoms. The summed E-state index contributed by atoms with van der Waals surface area (Å²) in [6.07, 6.45) is 2.11. The summed E-state index contributed by atoms with van der Waals surface area (Å²) >= 11 is 1.79. The van der Waals surface area contributed by atoms with E-state index in [2.05, 4.69) is 26.1 Å². The van der Waals surface area contributed by atoms with Crippen molar-refractivity contribution in [2.75, 3.05) is 17.7 Å². The van der Waals surface area contributed by atoms with Gasteiger partial charge in [-0.2, -0.15) is 0 Å². The molecule has 0 spiro atoms. The Labute approximate surface area is 119 Å². The highest BCUT2D eigenvalue weighted by molar-refractivity contribution is 8.14. The van der Waals surface area contributed by atoms with Gasteiger partial charge in [-0.25, -0.2) is 0 Å². The quantitative estimate of drug-likeness (QED) is 0.878. The number of hydrogen-bond donors (Lipinski definition) is 1. The summed E-state index contributed by atoms with van der Waals surface area (Å²) in [5, 5.41) is 4.39. The highest BCUT2D eigenvalue weighted by Gasteiger charge is 2.28. The van der Waals surface area contributed by atoms with Crippen LogP contribution in [0.1, 0.15) is 33.6 Å². The number of hydrogen-bond acceptors (Lipinski definition) is 4. The SMILES string of the molecule is CCCOc1ccc(NC2=NC(C)(CC)CS2)cc1. The molecule has 1 aliphatic heterocycles. The summed E-state index contributed by atoms with van der Waals surface area (Å²) < 4.78 is 5.57. The summed E-state index contributed by atoms with van der Waals surface area (Å²) in [5.41, 5.74) is 1.16. The van der Waals surface area contributed by atoms with Crippen molar-refractivity contribution in [2.45, 2.75) is 39.2 Å². The first kappa shape index (κ1) is 14.3. The zero-order valence-corrected chi connectivity index (χ0v) is 12.7. The minimum absolute atomic E-state index is 0.0944. The molecule has 0 radical (unpaired) electrons. The monoisotopic (exact) mass is 278 g/mol. The number of amidine groups is 1. The number of thioether (sulfide) groups is 1. The first-order valence-electron chi connectivity index (χ1n) is 6.88. The molecule has 0 saturated carbocycles. The number of ether oxygens (including phenoxy) is 1. The molecule has 1 aliphatic rings. The molecular weight excluding hydrogens is 256 g/mol. The van der Waals surface area contributed by atoms with E-state index in [0.717, 1.165) is 41.8 Å². The van der Waals surface area contributed by atoms with Crippen LogP contribution in [0.5, 0.6) is 5.75 Å². The van der Waals surface area contributed by atoms with Gasteiger partial charge in [0.25, 0.3) is 0 Å². The van der Waals surface area contributed by atoms with E-state index in [-0.39, 0.29) is 5.54 Å². The topological polar surface area (TPSA) is 33.6 Å². The second-order valence-electron chi connectivity index (χ2n) is 5.05. The van der Waals surface area contributed by atoms with Gasteiger partial charge in [-0.05, 0) is 44.0 Å². The molecule has 0 fully saturated rings. The van der Waals surface area contributed by atoms with Gasteiger partial charge in [0.05, 0.1) is 12.1 Å². The Hall–Kier alpha value is -1.16. The van der Waals surface area contributed by atoms with E-state index in [9.17, 15) is 0 Å². The van der Waals surface area contributed by atoms with Crippen LogP contribution in [0.4, 0.5) is 5.69 Å². The van der Waals surface area contributed by atoms with Crippen LogP contribution in [0.3, 0.4) is 0 Å². The minimum atomic E-state index is 0.0944. The highest BCUT2D eigenvalue weighted by Crippen LogP contribution is 2.30. The lowest BCUT2D eigenvalue weighted by molar-refractivity contribution is 0.317. The van der Waals surface area contributed by atoms with Gasteiger partial charge >= 0.3 is 0 Å². The molecule has 0 bridgehead atoms. The maximum absolute atomic E-state index is 5.57. The van der Waals surface area contributed by atoms with Crippen molar-refractivity contribution in [1.29, 1.82) is 0 Å². The van der Waals surface area contributed by atoms with Crippen molar-refractivity contribution in [2.24, 2.45) is 4.99 Å². The van der Waals surface area contributed by atoms with Gasteiger partial charge in [-0.3, -0.25) is 4.99 Å². The van der Waals surface area contributed by atoms with E-state index >= 15 is 0 Å². The molecule has 1 heterocycles. The molecule has 1 aromatic rings. The van der Waals surface area contributed by atoms with Crippen LogP contribution in [-0.2, 0) is 0 Å². The molecule has 0 saturated heterocycles. The number of anilines is 1. The van der Waals surface area contributed by atoms with E-state index in [0.29, 0.717) is 0 Å². The van der Waals surface area contributed by atoms with E-state index < -0.39 is 0 Å². The van der Waals surface area contributed by atoms with Crippen molar-refractivity contribution < 1.29 is 4.74 Å². The molecule has 104 valence electrons. The van der Waals surface area contributed by atoms with Crippen LogP contribution in [0, 0.1) is 0 Å². The Morgan fingerprint density at radius 3 is 2.63 bits per heavy atom. The maximum atomic E-state index is 5.57. The van der Waals surface area contributed by atoms with Gasteiger partial charge in [0, 0.05) is 11.4 Å². The average Bonchev–Trinajstić information content (AvgIpc) is 2.80. The third-order valence-electron chi connectivity index (χ3n) is 3.23. The van der Waals surface area contributed by atoms with Crippen molar-refractivity contribution in [1.82, 2.24) is 0 Å². The van der Waals surface area contributed by atoms with Crippen molar-refractivity contribution >= 4 is 22.6 Å². The second-order valence-corrected chi connectivity index (χ2v) is 6.02. The van der Waals surface area contributed by atoms with Crippen molar-refractivity contribution in [3.63, 3.8) is 0 Å². The Morgan fingerprint density at radius 2 is 2.05 bits per heavy atom. The number of nitrogens with one attached hydrogen (secondary N) is 1. The molecule has 3 nitrogen and oxygen atoms in total. The second kappa shape index (κ2) is 6.33. The number of nitrogens with zero attached hydrogens (tertiary/aromatic N) is 1. The van der Waals surface area contributed by atoms with E-state index in [1.165, 1.54) is 0 Å². The van der Waals surface area contributed by atoms with Crippen molar-refractivity contribution in [3.05, 3.63) is 24.3 Å². The van der Waals surface area contributed by atoms with E-state index in [1.807, 2.05) is 24.3 Å². The molecule has 2 rings (SSSR count). The van der Waals surface area contributed by atoms with E-state index in [1.54, 1.807) is 11.8 Å². The molecule has 1 N–H and O–H groups in total. The lowest BCUT2D eigenvalue weighted by Gasteiger charge is -2.15. The average molecular weight is 278 g/mol. The van der Waals surface area contributed by atoms with Gasteiger partial charge in [0.1, 0.15) is 5.75 Å². The molecule has 1 atom stereocenters. The summed E-state index contributed by atoms with van der Waals surface area (Å²) in [4.78, 5) is 4.74. The van der Waals surface area contributed by atoms with Crippen LogP contribution in [0.25, 0.3) is 0 Å². The predicted molar refractivity (Wildman–Crippen MR) is 84.4 cm³/mol. The van der Waals surface area contributed by atoms with Crippen LogP contribution in [-0.4, -0.2) is 23.1 Å². The van der Waals surface area contributed by atoms with Crippen molar-refractivity contribution in [3.8, 4) is 5.75 Å². The van der Waals surface area contributed by atoms with Gasteiger partial charge in [-0.15, -0.1) is 0 Å². The molecule has 1 unspecified atom stereocenters. The van der Waals surface area contributed by atoms with Gasteiger partial charge in [-0.1, -0.05) is 25.6 Å². The summed E-state index contributed by atoms with van der Waals surface area (Å²) in [5.74, 6) is 1.98. The van der Waals surface area contributed by atoms with Crippen LogP contribution < -0.4 is 10.1 Å². The van der Waals surface area contributed by atoms with Gasteiger partial charge in [0.15, 0.2) is 5.17 Å². The number of rotatable bonds is 5. The number of aliphatic imine (C=N–C) groups is 1. The third kappa shape index (κ3) is 3.90. The first-order valence-corrected chi connectivity index (χ1v) is 7.86. The lowest BCUT2D eigenvalue weighted by Crippen LogP contribution is -2.20. The predicted octanol–water partition coefficient (Wildman–Crippen LogP) is 4.16. The summed E-state index contributed by atoms with van der Waals surface area (Å²) in [6.45, 7) is 7.27. The normalized spacial score (nSPS) is 22.2. The Balaban J connectivity index is 1.95. The maximum Gasteiger partial charge on any atom is 0.161 e. The zero-order valence-electron chi connectivity index (χ0n) is 11.9. The Morgan fingerprint density at radius 1 is 1.32 bits per heavy atom. The Bertz CT molecular complexity index is 444. The fourth-order valence-corrected chi connectivity index (χ4v) is 2.95. The standard InChI is InChI=1S/C15H22N2OS/c1-4-10-18-13-8-6-12(7-9-13)16-14-17-15(3,5-2)11-19-14/h6-9H,4-5,10-11H2,1-3H3,(H,16,17). The zero-order chi connectivity index (χ0) is 13.7. The smallest absolute Gasteiger partial charge is 0.161 e. The molecule has 19 heavy (non-hydrogen) atoms. The highest BCUT2D eigenvalue weighted by atomic mass is 32.2. The molecule has 1 aromatic carbocycles. The lowest BCUT2D eigenvalue weighted by atomic mass is 10.0. The molecule has 0 aromatic heterocycles. The fraction of sp³-hybridized carbons (Fsp3) is 0.533. The van der Waals surface area contributed by atoms with E-state index in [4.69, 9.17) is 9.73 Å². The third-order valence-corrected chi connectivity index (χ3v) is 4.46. The van der Waals surface area contributed by atoms with Gasteiger partial charge < -0.3 is 10.1 Å². The molecular formula is C15H22N2OS. The molecule has 0 amide bonds.